The normalized spacial score (nSPS) is 11.7. The monoisotopic (exact) mass is 626 g/mol. The van der Waals surface area contributed by atoms with Crippen LogP contribution in [0.15, 0.2) is 186 Å². The highest BCUT2D eigenvalue weighted by Crippen LogP contribution is 2.46. The van der Waals surface area contributed by atoms with E-state index in [4.69, 9.17) is 4.42 Å². The maximum absolute atomic E-state index is 6.68. The molecule has 8 aromatic carbocycles. The van der Waals surface area contributed by atoms with E-state index < -0.39 is 0 Å². The third kappa shape index (κ3) is 4.37. The predicted molar refractivity (Wildman–Crippen MR) is 206 cm³/mol. The number of para-hydroxylation sites is 4. The van der Waals surface area contributed by atoms with Crippen molar-refractivity contribution in [1.82, 2.24) is 4.57 Å². The second-order valence-electron chi connectivity index (χ2n) is 12.6. The van der Waals surface area contributed by atoms with Crippen LogP contribution in [0.4, 0.5) is 17.1 Å². The summed E-state index contributed by atoms with van der Waals surface area (Å²) in [6.07, 6.45) is 0. The summed E-state index contributed by atoms with van der Waals surface area (Å²) in [5, 5.41) is 7.11. The van der Waals surface area contributed by atoms with Gasteiger partial charge in [0.1, 0.15) is 5.58 Å². The zero-order chi connectivity index (χ0) is 32.3. The van der Waals surface area contributed by atoms with Crippen molar-refractivity contribution >= 4 is 71.6 Å². The van der Waals surface area contributed by atoms with Crippen LogP contribution in [0.2, 0.25) is 0 Å². The molecule has 0 aliphatic carbocycles. The van der Waals surface area contributed by atoms with Gasteiger partial charge in [-0.05, 0) is 64.9 Å². The highest BCUT2D eigenvalue weighted by molar-refractivity contribution is 6.13. The van der Waals surface area contributed by atoms with Crippen molar-refractivity contribution in [2.24, 2.45) is 0 Å². The molecule has 0 fully saturated rings. The average molecular weight is 627 g/mol. The fourth-order valence-corrected chi connectivity index (χ4v) is 7.54. The Bertz CT molecular complexity index is 2840. The van der Waals surface area contributed by atoms with E-state index in [9.17, 15) is 0 Å². The van der Waals surface area contributed by atoms with Crippen LogP contribution in [-0.4, -0.2) is 4.57 Å². The molecule has 2 aromatic heterocycles. The van der Waals surface area contributed by atoms with Crippen LogP contribution in [0.5, 0.6) is 0 Å². The lowest BCUT2D eigenvalue weighted by atomic mass is 10.0. The van der Waals surface area contributed by atoms with Crippen molar-refractivity contribution in [3.63, 3.8) is 0 Å². The molecular weight excluding hydrogens is 597 g/mol. The number of fused-ring (bicyclic) bond motifs is 7. The van der Waals surface area contributed by atoms with Crippen LogP contribution < -0.4 is 4.90 Å². The molecule has 0 saturated carbocycles. The molecule has 0 radical (unpaired) electrons. The summed E-state index contributed by atoms with van der Waals surface area (Å²) in [5.41, 5.74) is 10.6. The first kappa shape index (κ1) is 27.5. The van der Waals surface area contributed by atoms with Gasteiger partial charge in [-0.1, -0.05) is 133 Å². The number of hydrogen-bond acceptors (Lipinski definition) is 2. The first-order chi connectivity index (χ1) is 24.3. The van der Waals surface area contributed by atoms with Gasteiger partial charge in [-0.3, -0.25) is 0 Å². The third-order valence-electron chi connectivity index (χ3n) is 9.76. The zero-order valence-corrected chi connectivity index (χ0v) is 26.6. The van der Waals surface area contributed by atoms with Crippen molar-refractivity contribution in [2.45, 2.75) is 0 Å². The van der Waals surface area contributed by atoms with E-state index in [0.29, 0.717) is 0 Å². The van der Waals surface area contributed by atoms with E-state index in [1.54, 1.807) is 0 Å². The Kier molecular flexibility index (Phi) is 6.18. The fraction of sp³-hybridized carbons (Fsp3) is 0. The first-order valence-electron chi connectivity index (χ1n) is 16.7. The largest absolute Gasteiger partial charge is 0.454 e. The predicted octanol–water partition coefficient (Wildman–Crippen LogP) is 13.0. The highest BCUT2D eigenvalue weighted by atomic mass is 16.3. The zero-order valence-electron chi connectivity index (χ0n) is 26.6. The highest BCUT2D eigenvalue weighted by Gasteiger charge is 2.23. The van der Waals surface area contributed by atoms with Crippen molar-refractivity contribution < 1.29 is 4.42 Å². The SMILES string of the molecule is c1ccc(-c2ccccc2N(c2ccc3c4ccccc4n(-c4ccc5ccccc5c4)c3c2)c2cccc3c2oc2ccccc23)cc1. The number of rotatable bonds is 5. The molecule has 0 aliphatic rings. The number of furan rings is 1. The number of benzene rings is 8. The lowest BCUT2D eigenvalue weighted by Crippen LogP contribution is -2.11. The number of anilines is 3. The van der Waals surface area contributed by atoms with Gasteiger partial charge >= 0.3 is 0 Å². The second kappa shape index (κ2) is 11.0. The second-order valence-corrected chi connectivity index (χ2v) is 12.6. The molecule has 10 aromatic rings. The summed E-state index contributed by atoms with van der Waals surface area (Å²) in [6.45, 7) is 0. The Morgan fingerprint density at radius 2 is 1.12 bits per heavy atom. The summed E-state index contributed by atoms with van der Waals surface area (Å²) in [4.78, 5) is 2.37. The first-order valence-corrected chi connectivity index (χ1v) is 16.7. The molecule has 2 heterocycles. The van der Waals surface area contributed by atoms with E-state index in [1.807, 2.05) is 6.07 Å². The lowest BCUT2D eigenvalue weighted by Gasteiger charge is -2.28. The van der Waals surface area contributed by atoms with Crippen LogP contribution in [0.1, 0.15) is 0 Å². The van der Waals surface area contributed by atoms with Crippen LogP contribution in [0.3, 0.4) is 0 Å². The maximum Gasteiger partial charge on any atom is 0.159 e. The van der Waals surface area contributed by atoms with E-state index in [0.717, 1.165) is 61.3 Å². The lowest BCUT2D eigenvalue weighted by molar-refractivity contribution is 0.669. The molecule has 0 bridgehead atoms. The van der Waals surface area contributed by atoms with Crippen molar-refractivity contribution in [2.75, 3.05) is 4.90 Å². The molecule has 49 heavy (non-hydrogen) atoms. The topological polar surface area (TPSA) is 21.3 Å². The van der Waals surface area contributed by atoms with Crippen molar-refractivity contribution in [3.05, 3.63) is 182 Å². The van der Waals surface area contributed by atoms with Gasteiger partial charge in [0.05, 0.1) is 22.4 Å². The molecule has 0 unspecified atom stereocenters. The average Bonchev–Trinajstić information content (AvgIpc) is 3.71. The van der Waals surface area contributed by atoms with Gasteiger partial charge in [0.2, 0.25) is 0 Å². The standard InChI is InChI=1S/C46H30N2O/c1-2-14-32(15-3-1)36-17-6-9-21-41(36)47(43-23-12-20-40-39-19-8-11-24-45(39)49-46(40)43)35-27-28-38-37-18-7-10-22-42(37)48(44(38)30-35)34-26-25-31-13-4-5-16-33(31)29-34/h1-30H. The molecule has 3 nitrogen and oxygen atoms in total. The fourth-order valence-electron chi connectivity index (χ4n) is 7.54. The van der Waals surface area contributed by atoms with Crippen molar-refractivity contribution in [3.8, 4) is 16.8 Å². The smallest absolute Gasteiger partial charge is 0.159 e. The molecule has 0 atom stereocenters. The number of aromatic nitrogens is 1. The van der Waals surface area contributed by atoms with Gasteiger partial charge in [-0.2, -0.15) is 0 Å². The Hall–Kier alpha value is -6.58. The number of nitrogens with zero attached hydrogens (tertiary/aromatic N) is 2. The summed E-state index contributed by atoms with van der Waals surface area (Å²) >= 11 is 0. The quantitative estimate of drug-likeness (QED) is 0.190. The van der Waals surface area contributed by atoms with Gasteiger partial charge in [-0.15, -0.1) is 0 Å². The van der Waals surface area contributed by atoms with Crippen molar-refractivity contribution in [1.29, 1.82) is 0 Å². The van der Waals surface area contributed by atoms with E-state index >= 15 is 0 Å². The molecule has 0 amide bonds. The molecule has 0 aliphatic heterocycles. The van der Waals surface area contributed by atoms with Crippen LogP contribution >= 0.6 is 0 Å². The Morgan fingerprint density at radius 3 is 2.04 bits per heavy atom. The molecule has 230 valence electrons. The van der Waals surface area contributed by atoms with Gasteiger partial charge in [0.25, 0.3) is 0 Å². The summed E-state index contributed by atoms with van der Waals surface area (Å²) in [6, 6.07) is 65.0. The van der Waals surface area contributed by atoms with Crippen LogP contribution in [0, 0.1) is 0 Å². The van der Waals surface area contributed by atoms with Gasteiger partial charge < -0.3 is 13.9 Å². The summed E-state index contributed by atoms with van der Waals surface area (Å²) in [7, 11) is 0. The summed E-state index contributed by atoms with van der Waals surface area (Å²) in [5.74, 6) is 0. The minimum Gasteiger partial charge on any atom is -0.454 e. The van der Waals surface area contributed by atoms with E-state index in [2.05, 4.69) is 185 Å². The molecule has 0 N–H and O–H groups in total. The molecule has 10 rings (SSSR count). The molecule has 0 spiro atoms. The Labute approximate surface area is 283 Å². The van der Waals surface area contributed by atoms with Crippen LogP contribution in [0.25, 0.3) is 71.3 Å². The Balaban J connectivity index is 1.28. The third-order valence-corrected chi connectivity index (χ3v) is 9.76. The molecule has 3 heteroatoms. The summed E-state index contributed by atoms with van der Waals surface area (Å²) < 4.78 is 9.08. The maximum atomic E-state index is 6.68. The van der Waals surface area contributed by atoms with E-state index in [-0.39, 0.29) is 0 Å². The van der Waals surface area contributed by atoms with E-state index in [1.165, 1.54) is 27.1 Å². The van der Waals surface area contributed by atoms with Crippen LogP contribution in [-0.2, 0) is 0 Å². The number of hydrogen-bond donors (Lipinski definition) is 0. The Morgan fingerprint density at radius 1 is 0.429 bits per heavy atom. The molecular formula is C46H30N2O. The van der Waals surface area contributed by atoms with Gasteiger partial charge in [-0.25, -0.2) is 0 Å². The van der Waals surface area contributed by atoms with Gasteiger partial charge in [0.15, 0.2) is 5.58 Å². The molecule has 0 saturated heterocycles. The minimum absolute atomic E-state index is 0.863. The van der Waals surface area contributed by atoms with Gasteiger partial charge in [0, 0.05) is 38.5 Å². The minimum atomic E-state index is 0.863.